The summed E-state index contributed by atoms with van der Waals surface area (Å²) in [5, 5.41) is 0.105. The van der Waals surface area contributed by atoms with Gasteiger partial charge < -0.3 is 9.15 Å². The van der Waals surface area contributed by atoms with Crippen LogP contribution in [-0.4, -0.2) is 31.2 Å². The first kappa shape index (κ1) is 13.6. The molecule has 0 amide bonds. The van der Waals surface area contributed by atoms with Gasteiger partial charge in [0.1, 0.15) is 17.3 Å². The molecule has 5 heteroatoms. The minimum Gasteiger partial charge on any atom is -0.460 e. The first-order valence-corrected chi connectivity index (χ1v) is 6.94. The summed E-state index contributed by atoms with van der Waals surface area (Å²) >= 11 is 5.79. The van der Waals surface area contributed by atoms with Gasteiger partial charge in [-0.25, -0.2) is 4.39 Å². The minimum atomic E-state index is -0.421. The molecule has 1 aromatic carbocycles. The van der Waals surface area contributed by atoms with Crippen molar-refractivity contribution in [3.05, 3.63) is 46.9 Å². The summed E-state index contributed by atoms with van der Waals surface area (Å²) < 4.78 is 24.3. The van der Waals surface area contributed by atoms with Crippen molar-refractivity contribution in [3.8, 4) is 11.3 Å². The van der Waals surface area contributed by atoms with Crippen LogP contribution >= 0.6 is 11.6 Å². The molecule has 1 aliphatic rings. The molecule has 1 aromatic heterocycles. The maximum Gasteiger partial charge on any atom is 0.141 e. The molecule has 0 N–H and O–H groups in total. The Hall–Kier alpha value is -1.36. The van der Waals surface area contributed by atoms with E-state index >= 15 is 0 Å². The summed E-state index contributed by atoms with van der Waals surface area (Å²) in [4.78, 5) is 2.28. The van der Waals surface area contributed by atoms with Crippen LogP contribution in [0.4, 0.5) is 4.39 Å². The van der Waals surface area contributed by atoms with Gasteiger partial charge >= 0.3 is 0 Å². The molecule has 3 nitrogen and oxygen atoms in total. The van der Waals surface area contributed by atoms with Crippen molar-refractivity contribution in [2.45, 2.75) is 6.54 Å². The van der Waals surface area contributed by atoms with Crippen molar-refractivity contribution >= 4 is 11.6 Å². The number of hydrogen-bond acceptors (Lipinski definition) is 3. The van der Waals surface area contributed by atoms with Gasteiger partial charge in [0.2, 0.25) is 0 Å². The predicted octanol–water partition coefficient (Wildman–Crippen LogP) is 3.57. The van der Waals surface area contributed by atoms with Crippen LogP contribution in [0.1, 0.15) is 5.76 Å². The fourth-order valence-corrected chi connectivity index (χ4v) is 2.43. The second-order valence-corrected chi connectivity index (χ2v) is 5.19. The molecule has 106 valence electrons. The van der Waals surface area contributed by atoms with E-state index in [1.165, 1.54) is 6.07 Å². The quantitative estimate of drug-likeness (QED) is 0.865. The summed E-state index contributed by atoms with van der Waals surface area (Å²) in [6.07, 6.45) is 0. The fourth-order valence-electron chi connectivity index (χ4n) is 2.25. The Kier molecular flexibility index (Phi) is 4.05. The van der Waals surface area contributed by atoms with Crippen LogP contribution in [0.3, 0.4) is 0 Å². The molecule has 3 rings (SSSR count). The van der Waals surface area contributed by atoms with E-state index in [1.54, 1.807) is 12.1 Å². The van der Waals surface area contributed by atoms with Crippen molar-refractivity contribution in [1.29, 1.82) is 0 Å². The summed E-state index contributed by atoms with van der Waals surface area (Å²) in [6, 6.07) is 8.43. The van der Waals surface area contributed by atoms with Gasteiger partial charge in [-0.15, -0.1) is 0 Å². The SMILES string of the molecule is Fc1ccc(-c2ccc(CN3CCOCC3)o2)cc1Cl. The van der Waals surface area contributed by atoms with E-state index in [0.717, 1.165) is 44.2 Å². The van der Waals surface area contributed by atoms with Crippen LogP contribution < -0.4 is 0 Å². The van der Waals surface area contributed by atoms with Crippen LogP contribution in [0, 0.1) is 5.82 Å². The summed E-state index contributed by atoms with van der Waals surface area (Å²) in [6.45, 7) is 4.12. The first-order valence-electron chi connectivity index (χ1n) is 6.56. The van der Waals surface area contributed by atoms with Crippen LogP contribution in [0.15, 0.2) is 34.7 Å². The molecular weight excluding hydrogens is 281 g/mol. The molecule has 0 spiro atoms. The highest BCUT2D eigenvalue weighted by molar-refractivity contribution is 6.31. The molecule has 0 aliphatic carbocycles. The van der Waals surface area contributed by atoms with Crippen molar-refractivity contribution in [2.24, 2.45) is 0 Å². The third-order valence-corrected chi connectivity index (χ3v) is 3.64. The zero-order valence-electron chi connectivity index (χ0n) is 10.9. The molecule has 2 aromatic rings. The fraction of sp³-hybridized carbons (Fsp3) is 0.333. The maximum absolute atomic E-state index is 13.1. The lowest BCUT2D eigenvalue weighted by atomic mass is 10.2. The van der Waals surface area contributed by atoms with E-state index in [9.17, 15) is 4.39 Å². The molecule has 1 aliphatic heterocycles. The number of benzene rings is 1. The molecule has 2 heterocycles. The Bertz CT molecular complexity index is 593. The van der Waals surface area contributed by atoms with Gasteiger partial charge in [-0.3, -0.25) is 4.90 Å². The summed E-state index contributed by atoms with van der Waals surface area (Å²) in [5.74, 6) is 1.17. The number of rotatable bonds is 3. The number of furan rings is 1. The van der Waals surface area contributed by atoms with Gasteiger partial charge in [0, 0.05) is 18.7 Å². The minimum absolute atomic E-state index is 0.105. The molecule has 1 fully saturated rings. The van der Waals surface area contributed by atoms with Gasteiger partial charge in [0.05, 0.1) is 24.8 Å². The average molecular weight is 296 g/mol. The zero-order chi connectivity index (χ0) is 13.9. The topological polar surface area (TPSA) is 25.6 Å². The highest BCUT2D eigenvalue weighted by Crippen LogP contribution is 2.27. The Morgan fingerprint density at radius 1 is 1.15 bits per heavy atom. The Morgan fingerprint density at radius 3 is 2.70 bits per heavy atom. The third-order valence-electron chi connectivity index (χ3n) is 3.35. The summed E-state index contributed by atoms with van der Waals surface area (Å²) in [7, 11) is 0. The normalized spacial score (nSPS) is 16.5. The van der Waals surface area contributed by atoms with Crippen molar-refractivity contribution < 1.29 is 13.5 Å². The zero-order valence-corrected chi connectivity index (χ0v) is 11.7. The second kappa shape index (κ2) is 5.95. The monoisotopic (exact) mass is 295 g/mol. The first-order chi connectivity index (χ1) is 9.72. The van der Waals surface area contributed by atoms with Crippen molar-refractivity contribution in [2.75, 3.05) is 26.3 Å². The Balaban J connectivity index is 1.73. The third kappa shape index (κ3) is 3.03. The molecule has 0 bridgehead atoms. The molecule has 20 heavy (non-hydrogen) atoms. The molecule has 0 saturated carbocycles. The van der Waals surface area contributed by atoms with Gasteiger partial charge in [-0.2, -0.15) is 0 Å². The Labute approximate surface area is 121 Å². The lowest BCUT2D eigenvalue weighted by Gasteiger charge is -2.25. The van der Waals surface area contributed by atoms with Gasteiger partial charge in [0.15, 0.2) is 0 Å². The number of ether oxygens (including phenoxy) is 1. The van der Waals surface area contributed by atoms with Crippen LogP contribution in [0.25, 0.3) is 11.3 Å². The van der Waals surface area contributed by atoms with E-state index in [0.29, 0.717) is 5.76 Å². The molecular formula is C15H15ClFNO2. The molecule has 1 saturated heterocycles. The number of morpholine rings is 1. The van der Waals surface area contributed by atoms with Crippen LogP contribution in [-0.2, 0) is 11.3 Å². The predicted molar refractivity (Wildman–Crippen MR) is 75.2 cm³/mol. The van der Waals surface area contributed by atoms with Crippen LogP contribution in [0.5, 0.6) is 0 Å². The van der Waals surface area contributed by atoms with Crippen molar-refractivity contribution in [3.63, 3.8) is 0 Å². The number of halogens is 2. The molecule has 0 atom stereocenters. The van der Waals surface area contributed by atoms with E-state index in [-0.39, 0.29) is 5.02 Å². The van der Waals surface area contributed by atoms with E-state index in [2.05, 4.69) is 4.90 Å². The smallest absolute Gasteiger partial charge is 0.141 e. The van der Waals surface area contributed by atoms with E-state index in [4.69, 9.17) is 20.8 Å². The summed E-state index contributed by atoms with van der Waals surface area (Å²) in [5.41, 5.74) is 0.782. The maximum atomic E-state index is 13.1. The van der Waals surface area contributed by atoms with E-state index < -0.39 is 5.82 Å². The largest absolute Gasteiger partial charge is 0.460 e. The highest BCUT2D eigenvalue weighted by atomic mass is 35.5. The standard InChI is InChI=1S/C15H15ClFNO2/c16-13-9-11(1-3-14(13)17)15-4-2-12(20-15)10-18-5-7-19-8-6-18/h1-4,9H,5-8,10H2. The number of hydrogen-bond donors (Lipinski definition) is 0. The Morgan fingerprint density at radius 2 is 1.95 bits per heavy atom. The van der Waals surface area contributed by atoms with Crippen LogP contribution in [0.2, 0.25) is 5.02 Å². The van der Waals surface area contributed by atoms with Gasteiger partial charge in [-0.1, -0.05) is 11.6 Å². The lowest BCUT2D eigenvalue weighted by molar-refractivity contribution is 0.0314. The lowest BCUT2D eigenvalue weighted by Crippen LogP contribution is -2.35. The molecule has 0 unspecified atom stereocenters. The highest BCUT2D eigenvalue weighted by Gasteiger charge is 2.13. The van der Waals surface area contributed by atoms with Crippen molar-refractivity contribution in [1.82, 2.24) is 4.90 Å². The molecule has 0 radical (unpaired) electrons. The van der Waals surface area contributed by atoms with Gasteiger partial charge in [-0.05, 0) is 30.3 Å². The second-order valence-electron chi connectivity index (χ2n) is 4.78. The van der Waals surface area contributed by atoms with Gasteiger partial charge in [0.25, 0.3) is 0 Å². The average Bonchev–Trinajstić information content (AvgIpc) is 2.91. The number of nitrogens with zero attached hydrogens (tertiary/aromatic N) is 1. The van der Waals surface area contributed by atoms with E-state index in [1.807, 2.05) is 12.1 Å².